The van der Waals surface area contributed by atoms with E-state index in [0.717, 1.165) is 30.6 Å². The Labute approximate surface area is 141 Å². The van der Waals surface area contributed by atoms with Crippen LogP contribution in [-0.2, 0) is 4.79 Å². The van der Waals surface area contributed by atoms with E-state index < -0.39 is 0 Å². The van der Waals surface area contributed by atoms with E-state index in [9.17, 15) is 10.1 Å². The highest BCUT2D eigenvalue weighted by atomic mass is 16.1. The summed E-state index contributed by atoms with van der Waals surface area (Å²) in [6.07, 6.45) is 8.09. The maximum absolute atomic E-state index is 12.0. The minimum Gasteiger partial charge on any atom is -0.368 e. The number of rotatable bonds is 4. The Balaban J connectivity index is 2.03. The summed E-state index contributed by atoms with van der Waals surface area (Å²) in [5.74, 6) is -0.216. The lowest BCUT2D eigenvalue weighted by atomic mass is 10.0. The maximum atomic E-state index is 12.0. The third kappa shape index (κ3) is 2.93. The van der Waals surface area contributed by atoms with E-state index in [-0.39, 0.29) is 17.4 Å². The lowest BCUT2D eigenvalue weighted by molar-refractivity contribution is -0.113. The molecule has 0 saturated carbocycles. The van der Waals surface area contributed by atoms with E-state index in [2.05, 4.69) is 21.1 Å². The van der Waals surface area contributed by atoms with Crippen LogP contribution < -0.4 is 0 Å². The number of carbonyl (C=O) groups is 1. The number of nitriles is 1. The number of nitrogens with zero attached hydrogens (tertiary/aromatic N) is 5. The zero-order valence-corrected chi connectivity index (χ0v) is 13.8. The fourth-order valence-electron chi connectivity index (χ4n) is 3.16. The molecule has 2 aromatic rings. The Hall–Kier alpha value is -2.94. The zero-order chi connectivity index (χ0) is 17.1. The topological polar surface area (TPSA) is 74.8 Å². The van der Waals surface area contributed by atoms with E-state index in [1.165, 1.54) is 6.92 Å². The minimum atomic E-state index is -0.216. The summed E-state index contributed by atoms with van der Waals surface area (Å²) in [6, 6.07) is 6.11. The molecule has 122 valence electrons. The van der Waals surface area contributed by atoms with Crippen molar-refractivity contribution in [2.45, 2.75) is 26.3 Å². The van der Waals surface area contributed by atoms with Gasteiger partial charge in [-0.25, -0.2) is 0 Å². The number of allylic oxidation sites excluding steroid dienone is 1. The second kappa shape index (κ2) is 6.67. The third-order valence-corrected chi connectivity index (χ3v) is 4.35. The molecule has 1 atom stereocenters. The van der Waals surface area contributed by atoms with E-state index in [4.69, 9.17) is 0 Å². The molecule has 6 heteroatoms. The number of carbonyl (C=O) groups excluding carboxylic acids is 1. The standard InChI is InChI=1S/C18H19N5O/c1-13-11-20-7-4-16(13)18(17(10-19)14(2)24)22-9-5-15(12-22)23-8-3-6-21-23/h3-4,6-8,11,15H,5,9,12H2,1-2H3/b18-17+/t15-/m1/s1. The number of hydrogen-bond donors (Lipinski definition) is 0. The summed E-state index contributed by atoms with van der Waals surface area (Å²) >= 11 is 0. The molecule has 0 amide bonds. The van der Waals surface area contributed by atoms with Crippen LogP contribution in [-0.4, -0.2) is 38.5 Å². The summed E-state index contributed by atoms with van der Waals surface area (Å²) in [4.78, 5) is 18.3. The second-order valence-electron chi connectivity index (χ2n) is 5.96. The van der Waals surface area contributed by atoms with Gasteiger partial charge in [0.15, 0.2) is 5.78 Å². The fourth-order valence-corrected chi connectivity index (χ4v) is 3.16. The monoisotopic (exact) mass is 321 g/mol. The van der Waals surface area contributed by atoms with Gasteiger partial charge < -0.3 is 4.90 Å². The van der Waals surface area contributed by atoms with Crippen LogP contribution in [0.15, 0.2) is 42.5 Å². The lowest BCUT2D eigenvalue weighted by Gasteiger charge is -2.24. The molecule has 0 radical (unpaired) electrons. The number of likely N-dealkylation sites (tertiary alicyclic amines) is 1. The molecular formula is C18H19N5O. The predicted molar refractivity (Wildman–Crippen MR) is 89.6 cm³/mol. The number of hydrogen-bond acceptors (Lipinski definition) is 5. The molecule has 0 N–H and O–H groups in total. The third-order valence-electron chi connectivity index (χ3n) is 4.35. The van der Waals surface area contributed by atoms with Crippen molar-refractivity contribution in [3.05, 3.63) is 53.6 Å². The van der Waals surface area contributed by atoms with Crippen molar-refractivity contribution >= 4 is 11.5 Å². The summed E-state index contributed by atoms with van der Waals surface area (Å²) in [7, 11) is 0. The minimum absolute atomic E-state index is 0.199. The second-order valence-corrected chi connectivity index (χ2v) is 5.96. The van der Waals surface area contributed by atoms with Crippen LogP contribution in [0.5, 0.6) is 0 Å². The smallest absolute Gasteiger partial charge is 0.172 e. The van der Waals surface area contributed by atoms with E-state index in [1.807, 2.05) is 29.9 Å². The van der Waals surface area contributed by atoms with Crippen LogP contribution in [0, 0.1) is 18.3 Å². The normalized spacial score (nSPS) is 18.2. The first-order chi connectivity index (χ1) is 11.6. The van der Waals surface area contributed by atoms with Crippen LogP contribution >= 0.6 is 0 Å². The molecule has 1 saturated heterocycles. The van der Waals surface area contributed by atoms with Crippen molar-refractivity contribution in [2.24, 2.45) is 0 Å². The average molecular weight is 321 g/mol. The van der Waals surface area contributed by atoms with Crippen LogP contribution in [0.2, 0.25) is 0 Å². The molecule has 1 aliphatic heterocycles. The van der Waals surface area contributed by atoms with Gasteiger partial charge in [-0.15, -0.1) is 0 Å². The van der Waals surface area contributed by atoms with Gasteiger partial charge in [-0.3, -0.25) is 14.5 Å². The van der Waals surface area contributed by atoms with Crippen molar-refractivity contribution in [3.63, 3.8) is 0 Å². The number of pyridine rings is 1. The van der Waals surface area contributed by atoms with Gasteiger partial charge in [-0.05, 0) is 38.0 Å². The van der Waals surface area contributed by atoms with Gasteiger partial charge in [-0.1, -0.05) is 0 Å². The number of aromatic nitrogens is 3. The van der Waals surface area contributed by atoms with Crippen LogP contribution in [0.4, 0.5) is 0 Å². The maximum Gasteiger partial charge on any atom is 0.172 e. The first-order valence-electron chi connectivity index (χ1n) is 7.92. The summed E-state index contributed by atoms with van der Waals surface area (Å²) in [5.41, 5.74) is 2.74. The molecule has 0 bridgehead atoms. The van der Waals surface area contributed by atoms with Crippen molar-refractivity contribution in [3.8, 4) is 6.07 Å². The highest BCUT2D eigenvalue weighted by molar-refractivity contribution is 6.04. The van der Waals surface area contributed by atoms with Crippen molar-refractivity contribution < 1.29 is 4.79 Å². The molecule has 0 unspecified atom stereocenters. The summed E-state index contributed by atoms with van der Waals surface area (Å²) in [6.45, 7) is 4.88. The Morgan fingerprint density at radius 2 is 2.25 bits per heavy atom. The van der Waals surface area contributed by atoms with Crippen LogP contribution in [0.25, 0.3) is 5.70 Å². The number of Topliss-reactive ketones (excluding diaryl/α,β-unsaturated/α-hetero) is 1. The molecule has 1 fully saturated rings. The van der Waals surface area contributed by atoms with Gasteiger partial charge >= 0.3 is 0 Å². The number of aryl methyl sites for hydroxylation is 1. The SMILES string of the molecule is CC(=O)/C(C#N)=C(\c1ccncc1C)N1CC[C@@H](n2cccn2)C1. The summed E-state index contributed by atoms with van der Waals surface area (Å²) in [5, 5.41) is 13.9. The molecule has 3 heterocycles. The highest BCUT2D eigenvalue weighted by Gasteiger charge is 2.29. The molecule has 1 aliphatic rings. The largest absolute Gasteiger partial charge is 0.368 e. The molecular weight excluding hydrogens is 302 g/mol. The molecule has 0 spiro atoms. The van der Waals surface area contributed by atoms with E-state index in [1.54, 1.807) is 18.6 Å². The fraction of sp³-hybridized carbons (Fsp3) is 0.333. The first kappa shape index (κ1) is 15.9. The quantitative estimate of drug-likeness (QED) is 0.638. The van der Waals surface area contributed by atoms with E-state index >= 15 is 0 Å². The van der Waals surface area contributed by atoms with Crippen molar-refractivity contribution in [2.75, 3.05) is 13.1 Å². The molecule has 6 nitrogen and oxygen atoms in total. The van der Waals surface area contributed by atoms with Gasteiger partial charge in [0.05, 0.1) is 11.7 Å². The predicted octanol–water partition coefficient (Wildman–Crippen LogP) is 2.36. The first-order valence-corrected chi connectivity index (χ1v) is 7.92. The average Bonchev–Trinajstić information content (AvgIpc) is 3.24. The van der Waals surface area contributed by atoms with Crippen LogP contribution in [0.1, 0.15) is 30.5 Å². The Morgan fingerprint density at radius 3 is 2.88 bits per heavy atom. The molecule has 0 aromatic carbocycles. The Kier molecular flexibility index (Phi) is 4.43. The molecule has 24 heavy (non-hydrogen) atoms. The van der Waals surface area contributed by atoms with Gasteiger partial charge in [0, 0.05) is 43.4 Å². The van der Waals surface area contributed by atoms with Crippen molar-refractivity contribution in [1.82, 2.24) is 19.7 Å². The molecule has 2 aromatic heterocycles. The molecule has 3 rings (SSSR count). The molecule has 0 aliphatic carbocycles. The van der Waals surface area contributed by atoms with Gasteiger partial charge in [0.2, 0.25) is 0 Å². The van der Waals surface area contributed by atoms with Gasteiger partial charge in [-0.2, -0.15) is 10.4 Å². The van der Waals surface area contributed by atoms with Crippen LogP contribution in [0.3, 0.4) is 0 Å². The Bertz CT molecular complexity index is 816. The van der Waals surface area contributed by atoms with E-state index in [0.29, 0.717) is 5.70 Å². The highest BCUT2D eigenvalue weighted by Crippen LogP contribution is 2.32. The van der Waals surface area contributed by atoms with Gasteiger partial charge in [0.1, 0.15) is 11.6 Å². The Morgan fingerprint density at radius 1 is 1.42 bits per heavy atom. The van der Waals surface area contributed by atoms with Gasteiger partial charge in [0.25, 0.3) is 0 Å². The number of ketones is 1. The lowest BCUT2D eigenvalue weighted by Crippen LogP contribution is -2.23. The summed E-state index contributed by atoms with van der Waals surface area (Å²) < 4.78 is 1.94. The van der Waals surface area contributed by atoms with Crippen molar-refractivity contribution in [1.29, 1.82) is 5.26 Å². The zero-order valence-electron chi connectivity index (χ0n) is 13.8.